The van der Waals surface area contributed by atoms with Crippen LogP contribution in [0.2, 0.25) is 0 Å². The summed E-state index contributed by atoms with van der Waals surface area (Å²) in [7, 11) is 0. The van der Waals surface area contributed by atoms with Gasteiger partial charge in [0.25, 0.3) is 5.91 Å². The molecule has 0 atom stereocenters. The van der Waals surface area contributed by atoms with Crippen molar-refractivity contribution in [1.82, 2.24) is 4.90 Å². The Kier molecular flexibility index (Phi) is 3.90. The lowest BCUT2D eigenvalue weighted by Gasteiger charge is -2.28. The maximum atomic E-state index is 13.0. The van der Waals surface area contributed by atoms with Gasteiger partial charge in [-0.2, -0.15) is 0 Å². The summed E-state index contributed by atoms with van der Waals surface area (Å²) in [6, 6.07) is 5.03. The molecule has 1 aliphatic heterocycles. The molecule has 4 rings (SSSR count). The molecule has 0 radical (unpaired) electrons. The zero-order chi connectivity index (χ0) is 18.4. The van der Waals surface area contributed by atoms with E-state index in [4.69, 9.17) is 9.52 Å². The number of benzene rings is 1. The number of carbonyl (C=O) groups excluding carboxylic acids is 2. The quantitative estimate of drug-likeness (QED) is 0.897. The van der Waals surface area contributed by atoms with Crippen LogP contribution in [-0.4, -0.2) is 34.2 Å². The van der Waals surface area contributed by atoms with Gasteiger partial charge in [0.2, 0.25) is 0 Å². The molecule has 0 unspecified atom stereocenters. The minimum atomic E-state index is -0.982. The SMILES string of the molecule is Cc1c(C(=O)N2CCc3ccc(C(=O)O)cc3C2)oc2c1C(=O)CCC2. The van der Waals surface area contributed by atoms with Crippen molar-refractivity contribution >= 4 is 17.7 Å². The molecule has 134 valence electrons. The average molecular weight is 353 g/mol. The summed E-state index contributed by atoms with van der Waals surface area (Å²) in [5, 5.41) is 9.17. The monoisotopic (exact) mass is 353 g/mol. The van der Waals surface area contributed by atoms with E-state index in [0.717, 1.165) is 17.5 Å². The molecule has 1 aromatic heterocycles. The van der Waals surface area contributed by atoms with Crippen LogP contribution in [0.15, 0.2) is 22.6 Å². The Balaban J connectivity index is 1.63. The molecule has 2 aliphatic rings. The number of amides is 1. The molecular formula is C20H19NO5. The first-order valence-electron chi connectivity index (χ1n) is 8.75. The largest absolute Gasteiger partial charge is 0.478 e. The van der Waals surface area contributed by atoms with E-state index in [0.29, 0.717) is 49.2 Å². The number of fused-ring (bicyclic) bond motifs is 2. The molecule has 1 aliphatic carbocycles. The molecule has 26 heavy (non-hydrogen) atoms. The number of aromatic carboxylic acids is 1. The summed E-state index contributed by atoms with van der Waals surface area (Å²) < 4.78 is 5.77. The minimum absolute atomic E-state index is 0.0432. The molecule has 0 saturated carbocycles. The highest BCUT2D eigenvalue weighted by atomic mass is 16.4. The van der Waals surface area contributed by atoms with Crippen molar-refractivity contribution in [2.45, 2.75) is 39.2 Å². The lowest BCUT2D eigenvalue weighted by atomic mass is 9.93. The second-order valence-electron chi connectivity index (χ2n) is 6.90. The Labute approximate surface area is 150 Å². The number of nitrogens with zero attached hydrogens (tertiary/aromatic N) is 1. The molecular weight excluding hydrogens is 334 g/mol. The standard InChI is InChI=1S/C20H19NO5/c1-11-17-15(22)3-2-4-16(17)26-18(11)19(23)21-8-7-12-5-6-13(20(24)25)9-14(12)10-21/h5-6,9H,2-4,7-8,10H2,1H3,(H,24,25). The normalized spacial score (nSPS) is 16.2. The number of carboxylic acids is 1. The van der Waals surface area contributed by atoms with Crippen LogP contribution in [-0.2, 0) is 19.4 Å². The van der Waals surface area contributed by atoms with Gasteiger partial charge in [-0.1, -0.05) is 6.07 Å². The molecule has 0 saturated heterocycles. The topological polar surface area (TPSA) is 87.8 Å². The Bertz CT molecular complexity index is 940. The zero-order valence-electron chi connectivity index (χ0n) is 14.5. The third-order valence-corrected chi connectivity index (χ3v) is 5.25. The summed E-state index contributed by atoms with van der Waals surface area (Å²) in [5.74, 6) is -0.321. The number of aryl methyl sites for hydroxylation is 1. The number of hydrogen-bond acceptors (Lipinski definition) is 4. The van der Waals surface area contributed by atoms with E-state index in [1.807, 2.05) is 6.07 Å². The van der Waals surface area contributed by atoms with Gasteiger partial charge >= 0.3 is 5.97 Å². The molecule has 2 aromatic rings. The van der Waals surface area contributed by atoms with Crippen molar-refractivity contribution in [1.29, 1.82) is 0 Å². The summed E-state index contributed by atoms with van der Waals surface area (Å²) in [4.78, 5) is 38.0. The predicted octanol–water partition coefficient (Wildman–Crippen LogP) is 3.00. The fourth-order valence-electron chi connectivity index (χ4n) is 3.86. The van der Waals surface area contributed by atoms with Crippen LogP contribution in [0.5, 0.6) is 0 Å². The van der Waals surface area contributed by atoms with E-state index in [1.54, 1.807) is 24.0 Å². The maximum absolute atomic E-state index is 13.0. The number of rotatable bonds is 2. The van der Waals surface area contributed by atoms with Crippen molar-refractivity contribution in [3.05, 3.63) is 57.5 Å². The number of furan rings is 1. The first-order valence-corrected chi connectivity index (χ1v) is 8.75. The average Bonchev–Trinajstić information content (AvgIpc) is 2.98. The Morgan fingerprint density at radius 3 is 2.69 bits per heavy atom. The number of Topliss-reactive ketones (excluding diaryl/α,β-unsaturated/α-hetero) is 1. The van der Waals surface area contributed by atoms with E-state index in [1.165, 1.54) is 0 Å². The van der Waals surface area contributed by atoms with Gasteiger partial charge in [-0.05, 0) is 43.0 Å². The molecule has 6 nitrogen and oxygen atoms in total. The van der Waals surface area contributed by atoms with E-state index >= 15 is 0 Å². The predicted molar refractivity (Wildman–Crippen MR) is 92.6 cm³/mol. The molecule has 1 aromatic carbocycles. The highest BCUT2D eigenvalue weighted by Gasteiger charge is 2.32. The van der Waals surface area contributed by atoms with E-state index in [2.05, 4.69) is 0 Å². The molecule has 0 fully saturated rings. The van der Waals surface area contributed by atoms with Gasteiger partial charge in [0.15, 0.2) is 11.5 Å². The summed E-state index contributed by atoms with van der Waals surface area (Å²) in [6.45, 7) is 2.64. The number of carboxylic acid groups (broad SMARTS) is 1. The van der Waals surface area contributed by atoms with E-state index < -0.39 is 5.97 Å². The number of ketones is 1. The maximum Gasteiger partial charge on any atom is 0.335 e. The third-order valence-electron chi connectivity index (χ3n) is 5.25. The second-order valence-corrected chi connectivity index (χ2v) is 6.90. The summed E-state index contributed by atoms with van der Waals surface area (Å²) in [5.41, 5.74) is 3.32. The Hall–Kier alpha value is -2.89. The fourth-order valence-corrected chi connectivity index (χ4v) is 3.86. The lowest BCUT2D eigenvalue weighted by molar-refractivity contribution is 0.0696. The molecule has 0 spiro atoms. The van der Waals surface area contributed by atoms with Gasteiger partial charge in [-0.3, -0.25) is 9.59 Å². The highest BCUT2D eigenvalue weighted by Crippen LogP contribution is 2.31. The van der Waals surface area contributed by atoms with Crippen molar-refractivity contribution < 1.29 is 23.9 Å². The zero-order valence-corrected chi connectivity index (χ0v) is 14.5. The van der Waals surface area contributed by atoms with Crippen LogP contribution in [0, 0.1) is 6.92 Å². The molecule has 1 N–H and O–H groups in total. The van der Waals surface area contributed by atoms with Crippen molar-refractivity contribution in [3.63, 3.8) is 0 Å². The van der Waals surface area contributed by atoms with E-state index in [9.17, 15) is 14.4 Å². The van der Waals surface area contributed by atoms with Gasteiger partial charge < -0.3 is 14.4 Å². The van der Waals surface area contributed by atoms with Crippen LogP contribution >= 0.6 is 0 Å². The van der Waals surface area contributed by atoms with Gasteiger partial charge in [-0.15, -0.1) is 0 Å². The molecule has 1 amide bonds. The Morgan fingerprint density at radius 1 is 1.15 bits per heavy atom. The molecule has 0 bridgehead atoms. The molecule has 2 heterocycles. The van der Waals surface area contributed by atoms with Crippen molar-refractivity contribution in [2.75, 3.05) is 6.54 Å². The first-order chi connectivity index (χ1) is 12.5. The summed E-state index contributed by atoms with van der Waals surface area (Å²) in [6.07, 6.45) is 2.59. The van der Waals surface area contributed by atoms with E-state index in [-0.39, 0.29) is 23.0 Å². The van der Waals surface area contributed by atoms with Gasteiger partial charge in [0.1, 0.15) is 5.76 Å². The minimum Gasteiger partial charge on any atom is -0.478 e. The van der Waals surface area contributed by atoms with Crippen LogP contribution < -0.4 is 0 Å². The highest BCUT2D eigenvalue weighted by molar-refractivity contribution is 6.03. The van der Waals surface area contributed by atoms with Crippen molar-refractivity contribution in [2.24, 2.45) is 0 Å². The third kappa shape index (κ3) is 2.62. The number of carbonyl (C=O) groups is 3. The molecule has 6 heteroatoms. The number of hydrogen-bond donors (Lipinski definition) is 1. The first kappa shape index (κ1) is 16.6. The fraction of sp³-hybridized carbons (Fsp3) is 0.350. The van der Waals surface area contributed by atoms with Gasteiger partial charge in [0.05, 0.1) is 11.1 Å². The lowest BCUT2D eigenvalue weighted by Crippen LogP contribution is -2.36. The smallest absolute Gasteiger partial charge is 0.335 e. The van der Waals surface area contributed by atoms with Gasteiger partial charge in [0, 0.05) is 31.5 Å². The van der Waals surface area contributed by atoms with Crippen LogP contribution in [0.4, 0.5) is 0 Å². The van der Waals surface area contributed by atoms with Crippen LogP contribution in [0.1, 0.15) is 66.6 Å². The van der Waals surface area contributed by atoms with Crippen LogP contribution in [0.3, 0.4) is 0 Å². The summed E-state index contributed by atoms with van der Waals surface area (Å²) >= 11 is 0. The second kappa shape index (κ2) is 6.12. The van der Waals surface area contributed by atoms with Gasteiger partial charge in [-0.25, -0.2) is 4.79 Å². The van der Waals surface area contributed by atoms with Crippen LogP contribution in [0.25, 0.3) is 0 Å². The van der Waals surface area contributed by atoms with Crippen molar-refractivity contribution in [3.8, 4) is 0 Å². The Morgan fingerprint density at radius 2 is 1.96 bits per heavy atom.